The second kappa shape index (κ2) is 2.87. The van der Waals surface area contributed by atoms with Gasteiger partial charge in [0.1, 0.15) is 5.60 Å². The number of halogens is 1. The van der Waals surface area contributed by atoms with Gasteiger partial charge in [-0.15, -0.1) is 0 Å². The molecule has 1 heterocycles. The molecule has 1 saturated carbocycles. The standard InChI is InChI=1S/C8H11ClO5S/c1-13-6(10)8(9)7(14-8)3-5(4-7)15(2,11)12/h5H,3-4H2,1-2H3. The van der Waals surface area contributed by atoms with Crippen molar-refractivity contribution < 1.29 is 22.7 Å². The van der Waals surface area contributed by atoms with Gasteiger partial charge in [-0.2, -0.15) is 0 Å². The van der Waals surface area contributed by atoms with Gasteiger partial charge in [0, 0.05) is 6.26 Å². The average molecular weight is 255 g/mol. The number of carbonyl (C=O) groups is 1. The third-order valence-electron chi connectivity index (χ3n) is 3.05. The number of carbonyl (C=O) groups excluding carboxylic acids is 1. The van der Waals surface area contributed by atoms with E-state index in [1.165, 1.54) is 13.4 Å². The van der Waals surface area contributed by atoms with E-state index in [2.05, 4.69) is 4.74 Å². The summed E-state index contributed by atoms with van der Waals surface area (Å²) in [6.45, 7) is 0. The molecule has 2 fully saturated rings. The van der Waals surface area contributed by atoms with Gasteiger partial charge in [-0.1, -0.05) is 11.6 Å². The Morgan fingerprint density at radius 1 is 1.53 bits per heavy atom. The number of hydrogen-bond acceptors (Lipinski definition) is 5. The second-order valence-electron chi connectivity index (χ2n) is 4.04. The lowest BCUT2D eigenvalue weighted by molar-refractivity contribution is -0.143. The van der Waals surface area contributed by atoms with Crippen molar-refractivity contribution in [3.8, 4) is 0 Å². The Kier molecular flexibility index (Phi) is 2.13. The first-order valence-corrected chi connectivity index (χ1v) is 6.75. The number of epoxide rings is 1. The summed E-state index contributed by atoms with van der Waals surface area (Å²) in [6, 6.07) is 0. The third-order valence-corrected chi connectivity index (χ3v) is 5.17. The van der Waals surface area contributed by atoms with Crippen LogP contribution in [-0.2, 0) is 24.1 Å². The topological polar surface area (TPSA) is 73.0 Å². The zero-order valence-corrected chi connectivity index (χ0v) is 9.89. The lowest BCUT2D eigenvalue weighted by atomic mass is 9.81. The molecule has 0 bridgehead atoms. The van der Waals surface area contributed by atoms with E-state index in [1.807, 2.05) is 0 Å². The van der Waals surface area contributed by atoms with E-state index in [0.29, 0.717) is 0 Å². The van der Waals surface area contributed by atoms with Crippen LogP contribution in [0.5, 0.6) is 0 Å². The minimum Gasteiger partial charge on any atom is -0.466 e. The first-order valence-electron chi connectivity index (χ1n) is 4.41. The van der Waals surface area contributed by atoms with E-state index in [0.717, 1.165) is 0 Å². The lowest BCUT2D eigenvalue weighted by Crippen LogP contribution is -2.47. The van der Waals surface area contributed by atoms with Crippen molar-refractivity contribution in [2.24, 2.45) is 0 Å². The molecule has 2 rings (SSSR count). The summed E-state index contributed by atoms with van der Waals surface area (Å²) in [5.74, 6) is -0.656. The zero-order chi connectivity index (χ0) is 11.5. The quantitative estimate of drug-likeness (QED) is 0.396. The molecule has 1 atom stereocenters. The van der Waals surface area contributed by atoms with Crippen LogP contribution in [-0.4, -0.2) is 43.7 Å². The summed E-state index contributed by atoms with van der Waals surface area (Å²) >= 11 is 5.88. The van der Waals surface area contributed by atoms with Gasteiger partial charge in [0.2, 0.25) is 0 Å². The smallest absolute Gasteiger partial charge is 0.357 e. The van der Waals surface area contributed by atoms with Crippen molar-refractivity contribution in [1.82, 2.24) is 0 Å². The third kappa shape index (κ3) is 1.38. The summed E-state index contributed by atoms with van der Waals surface area (Å²) < 4.78 is 31.9. The van der Waals surface area contributed by atoms with Crippen LogP contribution in [0.1, 0.15) is 12.8 Å². The molecule has 5 nitrogen and oxygen atoms in total. The number of hydrogen-bond donors (Lipinski definition) is 0. The van der Waals surface area contributed by atoms with Gasteiger partial charge in [0.15, 0.2) is 9.84 Å². The van der Waals surface area contributed by atoms with Gasteiger partial charge in [0.25, 0.3) is 5.06 Å². The minimum absolute atomic E-state index is 0.268. The normalized spacial score (nSPS) is 43.5. The molecule has 0 aromatic heterocycles. The van der Waals surface area contributed by atoms with E-state index in [4.69, 9.17) is 16.3 Å². The molecule has 15 heavy (non-hydrogen) atoms. The van der Waals surface area contributed by atoms with Crippen molar-refractivity contribution >= 4 is 27.4 Å². The molecule has 0 radical (unpaired) electrons. The Morgan fingerprint density at radius 3 is 2.47 bits per heavy atom. The first kappa shape index (κ1) is 11.2. The summed E-state index contributed by atoms with van der Waals surface area (Å²) in [4.78, 5) is 11.2. The maximum Gasteiger partial charge on any atom is 0.357 e. The summed E-state index contributed by atoms with van der Waals surface area (Å²) in [5.41, 5.74) is -0.810. The van der Waals surface area contributed by atoms with Crippen LogP contribution >= 0.6 is 11.6 Å². The molecule has 2 aliphatic rings. The van der Waals surface area contributed by atoms with Gasteiger partial charge in [-0.3, -0.25) is 0 Å². The van der Waals surface area contributed by atoms with Gasteiger partial charge in [-0.25, -0.2) is 13.2 Å². The van der Waals surface area contributed by atoms with Crippen molar-refractivity contribution in [3.05, 3.63) is 0 Å². The number of rotatable bonds is 2. The van der Waals surface area contributed by atoms with Crippen LogP contribution < -0.4 is 0 Å². The van der Waals surface area contributed by atoms with Gasteiger partial charge in [0.05, 0.1) is 12.4 Å². The number of sulfone groups is 1. The number of esters is 1. The highest BCUT2D eigenvalue weighted by molar-refractivity contribution is 7.91. The predicted octanol–water partition coefficient (Wildman–Crippen LogP) is 0.0705. The summed E-state index contributed by atoms with van der Waals surface area (Å²) in [7, 11) is -1.85. The molecule has 1 aliphatic heterocycles. The van der Waals surface area contributed by atoms with E-state index in [1.54, 1.807) is 0 Å². The van der Waals surface area contributed by atoms with Crippen LogP contribution in [0.15, 0.2) is 0 Å². The number of methoxy groups -OCH3 is 1. The molecule has 7 heteroatoms. The Labute approximate surface area is 92.6 Å². The highest BCUT2D eigenvalue weighted by Crippen LogP contribution is 2.64. The fraction of sp³-hybridized carbons (Fsp3) is 0.875. The maximum absolute atomic E-state index is 11.2. The van der Waals surface area contributed by atoms with Gasteiger partial charge >= 0.3 is 5.97 Å². The van der Waals surface area contributed by atoms with E-state index in [-0.39, 0.29) is 12.8 Å². The van der Waals surface area contributed by atoms with E-state index < -0.39 is 31.7 Å². The Hall–Kier alpha value is -0.330. The summed E-state index contributed by atoms with van der Waals surface area (Å²) in [5, 5.41) is -1.91. The minimum atomic E-state index is -3.07. The van der Waals surface area contributed by atoms with Crippen LogP contribution in [0.4, 0.5) is 0 Å². The molecule has 1 aliphatic carbocycles. The Balaban J connectivity index is 2.05. The Bertz CT molecular complexity index is 411. The summed E-state index contributed by atoms with van der Waals surface area (Å²) in [6.07, 6.45) is 1.70. The predicted molar refractivity (Wildman–Crippen MR) is 52.3 cm³/mol. The highest BCUT2D eigenvalue weighted by Gasteiger charge is 2.80. The number of ether oxygens (including phenoxy) is 2. The fourth-order valence-electron chi connectivity index (χ4n) is 1.93. The van der Waals surface area contributed by atoms with Crippen LogP contribution in [0.25, 0.3) is 0 Å². The largest absolute Gasteiger partial charge is 0.466 e. The van der Waals surface area contributed by atoms with Gasteiger partial charge < -0.3 is 9.47 Å². The highest BCUT2D eigenvalue weighted by atomic mass is 35.5. The van der Waals surface area contributed by atoms with Crippen molar-refractivity contribution in [2.45, 2.75) is 28.8 Å². The van der Waals surface area contributed by atoms with Gasteiger partial charge in [-0.05, 0) is 12.8 Å². The zero-order valence-electron chi connectivity index (χ0n) is 8.32. The average Bonchev–Trinajstić information content (AvgIpc) is 2.68. The monoisotopic (exact) mass is 254 g/mol. The van der Waals surface area contributed by atoms with Crippen LogP contribution in [0, 0.1) is 0 Å². The fourth-order valence-corrected chi connectivity index (χ4v) is 3.45. The van der Waals surface area contributed by atoms with E-state index in [9.17, 15) is 13.2 Å². The molecule has 0 aromatic carbocycles. The molecular formula is C8H11ClO5S. The maximum atomic E-state index is 11.2. The van der Waals surface area contributed by atoms with E-state index >= 15 is 0 Å². The van der Waals surface area contributed by atoms with Crippen molar-refractivity contribution in [2.75, 3.05) is 13.4 Å². The molecule has 0 N–H and O–H groups in total. The molecule has 1 unspecified atom stereocenters. The molecule has 86 valence electrons. The SMILES string of the molecule is COC(=O)C1(Cl)OC12CC(S(C)(=O)=O)C2. The van der Waals surface area contributed by atoms with Crippen molar-refractivity contribution in [3.63, 3.8) is 0 Å². The number of alkyl halides is 1. The van der Waals surface area contributed by atoms with Crippen LogP contribution in [0.3, 0.4) is 0 Å². The first-order chi connectivity index (χ1) is 6.75. The molecule has 0 amide bonds. The van der Waals surface area contributed by atoms with Crippen molar-refractivity contribution in [1.29, 1.82) is 0 Å². The van der Waals surface area contributed by atoms with Crippen LogP contribution in [0.2, 0.25) is 0 Å². The molecule has 0 aromatic rings. The lowest BCUT2D eigenvalue weighted by Gasteiger charge is -2.32. The molecule has 1 saturated heterocycles. The Morgan fingerprint density at radius 2 is 2.07 bits per heavy atom. The molecule has 1 spiro atoms. The molecular weight excluding hydrogens is 244 g/mol. The second-order valence-corrected chi connectivity index (χ2v) is 6.90.